The lowest BCUT2D eigenvalue weighted by atomic mass is 9.94. The molecular weight excluding hydrogens is 578 g/mol. The molecule has 0 bridgehead atoms. The van der Waals surface area contributed by atoms with Gasteiger partial charge in [-0.3, -0.25) is 4.40 Å². The van der Waals surface area contributed by atoms with E-state index < -0.39 is 0 Å². The lowest BCUT2D eigenvalue weighted by Gasteiger charge is -2.11. The van der Waals surface area contributed by atoms with E-state index in [0.717, 1.165) is 56.4 Å². The van der Waals surface area contributed by atoms with Crippen LogP contribution in [0, 0.1) is 5.92 Å². The lowest BCUT2D eigenvalue weighted by molar-refractivity contribution is 0.643. The highest BCUT2D eigenvalue weighted by Crippen LogP contribution is 2.33. The van der Waals surface area contributed by atoms with Crippen LogP contribution in [-0.2, 0) is 0 Å². The topological polar surface area (TPSA) is 69.1 Å². The van der Waals surface area contributed by atoms with E-state index in [1.807, 2.05) is 66.7 Å². The summed E-state index contributed by atoms with van der Waals surface area (Å²) < 4.78 is 8.31. The fourth-order valence-electron chi connectivity index (χ4n) is 6.28. The average molecular weight is 608 g/mol. The summed E-state index contributed by atoms with van der Waals surface area (Å²) in [7, 11) is 0. The van der Waals surface area contributed by atoms with Crippen LogP contribution in [0.5, 0.6) is 0 Å². The van der Waals surface area contributed by atoms with Crippen molar-refractivity contribution in [3.05, 3.63) is 145 Å². The highest BCUT2D eigenvalue weighted by Gasteiger charge is 2.17. The molecular formula is C41H29N5O. The highest BCUT2D eigenvalue weighted by molar-refractivity contribution is 5.92. The highest BCUT2D eigenvalue weighted by atomic mass is 16.4. The van der Waals surface area contributed by atoms with Gasteiger partial charge < -0.3 is 4.42 Å². The summed E-state index contributed by atoms with van der Waals surface area (Å²) >= 11 is 0. The van der Waals surface area contributed by atoms with Crippen molar-refractivity contribution in [3.63, 3.8) is 0 Å². The molecule has 6 nitrogen and oxygen atoms in total. The molecule has 8 aromatic rings. The van der Waals surface area contributed by atoms with Crippen molar-refractivity contribution in [2.45, 2.75) is 13.3 Å². The fourth-order valence-corrected chi connectivity index (χ4v) is 6.28. The van der Waals surface area contributed by atoms with Gasteiger partial charge in [-0.2, -0.15) is 4.98 Å². The van der Waals surface area contributed by atoms with Crippen molar-refractivity contribution in [2.75, 3.05) is 0 Å². The predicted molar refractivity (Wildman–Crippen MR) is 188 cm³/mol. The van der Waals surface area contributed by atoms with Gasteiger partial charge in [0, 0.05) is 16.7 Å². The molecule has 0 amide bonds. The largest absolute Gasteiger partial charge is 0.423 e. The van der Waals surface area contributed by atoms with Gasteiger partial charge in [0.15, 0.2) is 23.1 Å². The van der Waals surface area contributed by atoms with E-state index in [0.29, 0.717) is 29.2 Å². The van der Waals surface area contributed by atoms with Crippen LogP contribution in [0.15, 0.2) is 144 Å². The molecule has 0 N–H and O–H groups in total. The Hall–Kier alpha value is -6.14. The molecule has 224 valence electrons. The Bertz CT molecular complexity index is 2430. The third kappa shape index (κ3) is 4.91. The first kappa shape index (κ1) is 27.2. The van der Waals surface area contributed by atoms with Crippen molar-refractivity contribution < 1.29 is 4.42 Å². The first-order valence-corrected chi connectivity index (χ1v) is 15.9. The molecule has 3 aromatic heterocycles. The number of nitrogens with zero attached hydrogens (tertiary/aromatic N) is 5. The van der Waals surface area contributed by atoms with Gasteiger partial charge in [-0.25, -0.2) is 15.0 Å². The van der Waals surface area contributed by atoms with Crippen LogP contribution in [0.1, 0.15) is 18.9 Å². The minimum atomic E-state index is 0.573. The smallest absolute Gasteiger partial charge is 0.307 e. The normalized spacial score (nSPS) is 14.7. The summed E-state index contributed by atoms with van der Waals surface area (Å²) in [5, 5.41) is 0. The molecule has 0 spiro atoms. The zero-order valence-corrected chi connectivity index (χ0v) is 25.7. The Kier molecular flexibility index (Phi) is 6.38. The van der Waals surface area contributed by atoms with Crippen molar-refractivity contribution in [3.8, 4) is 45.3 Å². The third-order valence-corrected chi connectivity index (χ3v) is 8.85. The molecule has 1 aliphatic rings. The Morgan fingerprint density at radius 1 is 0.574 bits per heavy atom. The van der Waals surface area contributed by atoms with Crippen LogP contribution in [0.4, 0.5) is 0 Å². The van der Waals surface area contributed by atoms with E-state index in [-0.39, 0.29) is 0 Å². The third-order valence-electron chi connectivity index (χ3n) is 8.85. The van der Waals surface area contributed by atoms with E-state index in [1.54, 1.807) is 0 Å². The van der Waals surface area contributed by atoms with Crippen LogP contribution >= 0.6 is 0 Å². The van der Waals surface area contributed by atoms with Gasteiger partial charge in [0.05, 0.1) is 16.6 Å². The van der Waals surface area contributed by atoms with E-state index in [2.05, 4.69) is 84.1 Å². The second kappa shape index (κ2) is 11.0. The minimum Gasteiger partial charge on any atom is -0.423 e. The Labute approximate surface area is 271 Å². The molecule has 1 atom stereocenters. The Balaban J connectivity index is 1.10. The quantitative estimate of drug-likeness (QED) is 0.195. The zero-order chi connectivity index (χ0) is 31.3. The van der Waals surface area contributed by atoms with Crippen LogP contribution in [0.25, 0.3) is 78.8 Å². The maximum absolute atomic E-state index is 6.19. The number of oxazole rings is 1. The number of allylic oxidation sites excluding steroid dienone is 4. The van der Waals surface area contributed by atoms with E-state index in [1.165, 1.54) is 11.1 Å². The van der Waals surface area contributed by atoms with Crippen LogP contribution < -0.4 is 0 Å². The van der Waals surface area contributed by atoms with Crippen molar-refractivity contribution in [2.24, 2.45) is 5.92 Å². The summed E-state index contributed by atoms with van der Waals surface area (Å²) in [6, 6.07) is 41.2. The van der Waals surface area contributed by atoms with Gasteiger partial charge >= 0.3 is 5.84 Å². The van der Waals surface area contributed by atoms with Gasteiger partial charge in [-0.05, 0) is 58.9 Å². The number of rotatable bonds is 5. The molecule has 1 unspecified atom stereocenters. The van der Waals surface area contributed by atoms with Crippen molar-refractivity contribution in [1.29, 1.82) is 0 Å². The van der Waals surface area contributed by atoms with Crippen LogP contribution in [-0.4, -0.2) is 24.3 Å². The monoisotopic (exact) mass is 607 g/mol. The standard InChI is InChI=1S/C41H29N5O/c1-26-12-14-27(15-13-26)33-21-23-37-36(25-33)46-35-24-32(20-22-34(35)42-41(46)47-37)28-16-18-31(19-17-28)40-44-38(29-8-4-2-5-9-29)43-39(45-40)30-10-6-3-7-11-30/h2-12,14-26H,13H2,1H3. The van der Waals surface area contributed by atoms with Crippen molar-refractivity contribution in [1.82, 2.24) is 24.3 Å². The summed E-state index contributed by atoms with van der Waals surface area (Å²) in [6.45, 7) is 2.24. The molecule has 6 heteroatoms. The Morgan fingerprint density at radius 3 is 1.79 bits per heavy atom. The van der Waals surface area contributed by atoms with Crippen LogP contribution in [0.2, 0.25) is 0 Å². The molecule has 5 aromatic carbocycles. The van der Waals surface area contributed by atoms with Crippen molar-refractivity contribution >= 4 is 33.6 Å². The maximum Gasteiger partial charge on any atom is 0.307 e. The molecule has 9 rings (SSSR count). The summed E-state index contributed by atoms with van der Waals surface area (Å²) in [6.07, 6.45) is 7.87. The molecule has 47 heavy (non-hydrogen) atoms. The number of benzene rings is 5. The number of hydrogen-bond acceptors (Lipinski definition) is 5. The first-order valence-electron chi connectivity index (χ1n) is 15.9. The second-order valence-electron chi connectivity index (χ2n) is 12.1. The molecule has 0 saturated heterocycles. The summed E-state index contributed by atoms with van der Waals surface area (Å²) in [5.41, 5.74) is 11.2. The van der Waals surface area contributed by atoms with Gasteiger partial charge in [-0.15, -0.1) is 0 Å². The maximum atomic E-state index is 6.19. The number of fused-ring (bicyclic) bond motifs is 5. The summed E-state index contributed by atoms with van der Waals surface area (Å²) in [4.78, 5) is 19.4. The van der Waals surface area contributed by atoms with E-state index in [9.17, 15) is 0 Å². The van der Waals surface area contributed by atoms with Gasteiger partial charge in [-0.1, -0.05) is 122 Å². The van der Waals surface area contributed by atoms with E-state index >= 15 is 0 Å². The first-order chi connectivity index (χ1) is 23.2. The molecule has 0 saturated carbocycles. The molecule has 0 fully saturated rings. The van der Waals surface area contributed by atoms with Gasteiger partial charge in [0.2, 0.25) is 0 Å². The lowest BCUT2D eigenvalue weighted by Crippen LogP contribution is -2.00. The average Bonchev–Trinajstić information content (AvgIpc) is 3.68. The van der Waals surface area contributed by atoms with E-state index in [4.69, 9.17) is 24.4 Å². The Morgan fingerprint density at radius 2 is 1.15 bits per heavy atom. The summed E-state index contributed by atoms with van der Waals surface area (Å²) in [5.74, 6) is 3.10. The fraction of sp³-hybridized carbons (Fsp3) is 0.0732. The van der Waals surface area contributed by atoms with Gasteiger partial charge in [0.25, 0.3) is 0 Å². The number of imidazole rings is 1. The molecule has 1 aliphatic carbocycles. The number of aromatic nitrogens is 5. The second-order valence-corrected chi connectivity index (χ2v) is 12.1. The molecule has 3 heterocycles. The predicted octanol–water partition coefficient (Wildman–Crippen LogP) is 10.1. The number of hydrogen-bond donors (Lipinski definition) is 0. The molecule has 0 radical (unpaired) electrons. The van der Waals surface area contributed by atoms with Crippen LogP contribution in [0.3, 0.4) is 0 Å². The van der Waals surface area contributed by atoms with Gasteiger partial charge in [0.1, 0.15) is 0 Å². The SMILES string of the molecule is CC1C=CC(c2ccc3oc4nc5ccc(-c6ccc(-c7nc(-c8ccccc8)nc(-c8ccccc8)n7)cc6)cc5n4c3c2)=CC1. The minimum absolute atomic E-state index is 0.573. The zero-order valence-electron chi connectivity index (χ0n) is 25.7. The molecule has 0 aliphatic heterocycles.